The molecule has 3 nitrogen and oxygen atoms in total. The molecule has 0 spiro atoms. The minimum Gasteiger partial charge on any atom is -0.376 e. The Hall–Kier alpha value is -1.30. The Balaban J connectivity index is 1.84. The van der Waals surface area contributed by atoms with E-state index < -0.39 is 0 Å². The van der Waals surface area contributed by atoms with E-state index in [-0.39, 0.29) is 5.82 Å². The first-order valence-electron chi connectivity index (χ1n) is 6.14. The van der Waals surface area contributed by atoms with Gasteiger partial charge in [0.1, 0.15) is 5.82 Å². The molecule has 102 valence electrons. The maximum absolute atomic E-state index is 13.1. The Bertz CT molecular complexity index is 542. The molecule has 2 aromatic rings. The van der Waals surface area contributed by atoms with Crippen LogP contribution in [0.2, 0.25) is 0 Å². The highest BCUT2D eigenvalue weighted by Crippen LogP contribution is 2.15. The topological polar surface area (TPSA) is 48.1 Å². The summed E-state index contributed by atoms with van der Waals surface area (Å²) in [5.74, 6) is -0.260. The van der Waals surface area contributed by atoms with Crippen LogP contribution in [0.4, 0.5) is 4.39 Å². The van der Waals surface area contributed by atoms with Crippen molar-refractivity contribution in [2.45, 2.75) is 26.5 Å². The Morgan fingerprint density at radius 2 is 2.21 bits per heavy atom. The lowest BCUT2D eigenvalue weighted by Crippen LogP contribution is -2.05. The summed E-state index contributed by atoms with van der Waals surface area (Å²) in [6.45, 7) is 3.41. The number of benzene rings is 1. The van der Waals surface area contributed by atoms with Crippen LogP contribution in [0.25, 0.3) is 0 Å². The van der Waals surface area contributed by atoms with E-state index in [4.69, 9.17) is 10.5 Å². The van der Waals surface area contributed by atoms with Gasteiger partial charge in [0.25, 0.3) is 0 Å². The summed E-state index contributed by atoms with van der Waals surface area (Å²) in [6, 6.07) is 4.63. The predicted molar refractivity (Wildman–Crippen MR) is 74.5 cm³/mol. The number of nitrogens with two attached hydrogens (primary N) is 1. The summed E-state index contributed by atoms with van der Waals surface area (Å²) in [5.41, 5.74) is 10.3. The number of hydrogen-bond donors (Lipinski definition) is 1. The zero-order valence-corrected chi connectivity index (χ0v) is 11.7. The molecule has 0 bridgehead atoms. The van der Waals surface area contributed by atoms with Gasteiger partial charge in [0.05, 0.1) is 24.4 Å². The van der Waals surface area contributed by atoms with Crippen LogP contribution in [-0.2, 0) is 24.3 Å². The van der Waals surface area contributed by atoms with E-state index in [1.165, 1.54) is 17.0 Å². The summed E-state index contributed by atoms with van der Waals surface area (Å²) < 4.78 is 18.7. The highest BCUT2D eigenvalue weighted by Gasteiger charge is 2.04. The zero-order valence-electron chi connectivity index (χ0n) is 10.9. The molecule has 0 radical (unpaired) electrons. The summed E-state index contributed by atoms with van der Waals surface area (Å²) >= 11 is 1.64. The number of thiazole rings is 1. The van der Waals surface area contributed by atoms with Gasteiger partial charge in [-0.15, -0.1) is 11.3 Å². The molecule has 5 heteroatoms. The molecule has 0 saturated carbocycles. The van der Waals surface area contributed by atoms with E-state index in [2.05, 4.69) is 4.98 Å². The van der Waals surface area contributed by atoms with Crippen LogP contribution in [0.15, 0.2) is 23.7 Å². The first kappa shape index (κ1) is 14.1. The third-order valence-electron chi connectivity index (χ3n) is 2.96. The van der Waals surface area contributed by atoms with Gasteiger partial charge in [0, 0.05) is 17.8 Å². The van der Waals surface area contributed by atoms with Crippen LogP contribution < -0.4 is 5.73 Å². The van der Waals surface area contributed by atoms with Crippen LogP contribution >= 0.6 is 11.3 Å². The lowest BCUT2D eigenvalue weighted by molar-refractivity contribution is 0.123. The molecule has 0 atom stereocenters. The highest BCUT2D eigenvalue weighted by molar-refractivity contribution is 7.09. The molecular weight excluding hydrogens is 263 g/mol. The van der Waals surface area contributed by atoms with Crippen LogP contribution in [0.5, 0.6) is 0 Å². The van der Waals surface area contributed by atoms with Gasteiger partial charge >= 0.3 is 0 Å². The van der Waals surface area contributed by atoms with Crippen molar-refractivity contribution in [3.63, 3.8) is 0 Å². The van der Waals surface area contributed by atoms with Crippen LogP contribution in [0, 0.1) is 12.7 Å². The maximum atomic E-state index is 13.1. The monoisotopic (exact) mass is 280 g/mol. The molecule has 1 aromatic heterocycles. The Labute approximate surface area is 116 Å². The Kier molecular flexibility index (Phi) is 5.01. The Morgan fingerprint density at radius 3 is 2.89 bits per heavy atom. The zero-order chi connectivity index (χ0) is 13.7. The number of halogens is 1. The second-order valence-corrected chi connectivity index (χ2v) is 5.22. The number of rotatable bonds is 6. The maximum Gasteiger partial charge on any atom is 0.123 e. The normalized spacial score (nSPS) is 10.9. The van der Waals surface area contributed by atoms with Crippen molar-refractivity contribution >= 4 is 11.3 Å². The lowest BCUT2D eigenvalue weighted by atomic mass is 10.1. The number of aryl methyl sites for hydroxylation is 1. The second kappa shape index (κ2) is 6.75. The largest absolute Gasteiger partial charge is 0.376 e. The van der Waals surface area contributed by atoms with Crippen LogP contribution in [0.3, 0.4) is 0 Å². The number of nitrogens with zero attached hydrogens (tertiary/aromatic N) is 1. The molecule has 0 unspecified atom stereocenters. The molecule has 0 aliphatic carbocycles. The molecule has 0 saturated heterocycles. The lowest BCUT2D eigenvalue weighted by Gasteiger charge is -2.08. The van der Waals surface area contributed by atoms with Crippen LogP contribution in [-0.4, -0.2) is 11.6 Å². The minimum absolute atomic E-state index is 0.260. The van der Waals surface area contributed by atoms with Crippen molar-refractivity contribution in [1.82, 2.24) is 4.98 Å². The SMILES string of the molecule is Cc1ncsc1CCOCc1ccc(F)cc1CN. The van der Waals surface area contributed by atoms with E-state index in [1.807, 2.05) is 12.4 Å². The van der Waals surface area contributed by atoms with Gasteiger partial charge in [-0.2, -0.15) is 0 Å². The Morgan fingerprint density at radius 1 is 1.37 bits per heavy atom. The molecule has 0 aliphatic heterocycles. The van der Waals surface area contributed by atoms with E-state index in [9.17, 15) is 4.39 Å². The smallest absolute Gasteiger partial charge is 0.123 e. The van der Waals surface area contributed by atoms with Crippen molar-refractivity contribution < 1.29 is 9.13 Å². The molecule has 0 fully saturated rings. The van der Waals surface area contributed by atoms with Crippen molar-refractivity contribution in [2.24, 2.45) is 5.73 Å². The van der Waals surface area contributed by atoms with Crippen molar-refractivity contribution in [3.8, 4) is 0 Å². The fourth-order valence-corrected chi connectivity index (χ4v) is 2.60. The molecule has 19 heavy (non-hydrogen) atoms. The van der Waals surface area contributed by atoms with Gasteiger partial charge in [-0.25, -0.2) is 9.37 Å². The number of ether oxygens (including phenoxy) is 1. The number of aromatic nitrogens is 1. The highest BCUT2D eigenvalue weighted by atomic mass is 32.1. The summed E-state index contributed by atoms with van der Waals surface area (Å²) in [7, 11) is 0. The van der Waals surface area contributed by atoms with Crippen LogP contribution in [0.1, 0.15) is 21.7 Å². The standard InChI is InChI=1S/C14H17FN2OS/c1-10-14(19-9-17-10)4-5-18-8-11-2-3-13(15)6-12(11)7-16/h2-3,6,9H,4-5,7-8,16H2,1H3. The molecule has 2 N–H and O–H groups in total. The average molecular weight is 280 g/mol. The predicted octanol–water partition coefficient (Wildman–Crippen LogP) is 2.81. The van der Waals surface area contributed by atoms with E-state index >= 15 is 0 Å². The average Bonchev–Trinajstić information content (AvgIpc) is 2.81. The summed E-state index contributed by atoms with van der Waals surface area (Å²) in [5, 5.41) is 0. The van der Waals surface area contributed by atoms with Crippen molar-refractivity contribution in [2.75, 3.05) is 6.61 Å². The van der Waals surface area contributed by atoms with Gasteiger partial charge in [0.15, 0.2) is 0 Å². The van der Waals surface area contributed by atoms with E-state index in [0.717, 1.165) is 23.2 Å². The second-order valence-electron chi connectivity index (χ2n) is 4.28. The minimum atomic E-state index is -0.260. The van der Waals surface area contributed by atoms with E-state index in [1.54, 1.807) is 17.4 Å². The van der Waals surface area contributed by atoms with Gasteiger partial charge < -0.3 is 10.5 Å². The number of hydrogen-bond acceptors (Lipinski definition) is 4. The van der Waals surface area contributed by atoms with Gasteiger partial charge in [-0.3, -0.25) is 0 Å². The molecule has 1 heterocycles. The van der Waals surface area contributed by atoms with E-state index in [0.29, 0.717) is 19.8 Å². The molecule has 0 amide bonds. The van der Waals surface area contributed by atoms with Gasteiger partial charge in [0.2, 0.25) is 0 Å². The fourth-order valence-electron chi connectivity index (χ4n) is 1.84. The summed E-state index contributed by atoms with van der Waals surface area (Å²) in [4.78, 5) is 5.44. The van der Waals surface area contributed by atoms with Crippen molar-refractivity contribution in [3.05, 3.63) is 51.2 Å². The molecular formula is C14H17FN2OS. The first-order valence-corrected chi connectivity index (χ1v) is 7.02. The third-order valence-corrected chi connectivity index (χ3v) is 3.96. The molecule has 2 rings (SSSR count). The summed E-state index contributed by atoms with van der Waals surface area (Å²) in [6.07, 6.45) is 0.857. The fraction of sp³-hybridized carbons (Fsp3) is 0.357. The first-order chi connectivity index (χ1) is 9.20. The van der Waals surface area contributed by atoms with Gasteiger partial charge in [-0.05, 0) is 30.2 Å². The molecule has 1 aromatic carbocycles. The quantitative estimate of drug-likeness (QED) is 0.828. The van der Waals surface area contributed by atoms with Crippen molar-refractivity contribution in [1.29, 1.82) is 0 Å². The van der Waals surface area contributed by atoms with Gasteiger partial charge in [-0.1, -0.05) is 6.07 Å². The third kappa shape index (κ3) is 3.83. The molecule has 0 aliphatic rings.